The Bertz CT molecular complexity index is 179. The molecule has 0 spiro atoms. The summed E-state index contributed by atoms with van der Waals surface area (Å²) in [6.45, 7) is 11.9. The fourth-order valence-corrected chi connectivity index (χ4v) is 2.71. The summed E-state index contributed by atoms with van der Waals surface area (Å²) < 4.78 is 5.34. The van der Waals surface area contributed by atoms with Gasteiger partial charge in [-0.3, -0.25) is 0 Å². The fourth-order valence-electron chi connectivity index (χ4n) is 2.71. The highest BCUT2D eigenvalue weighted by atomic mass is 16.5. The van der Waals surface area contributed by atoms with Crippen molar-refractivity contribution in [3.05, 3.63) is 0 Å². The van der Waals surface area contributed by atoms with E-state index >= 15 is 0 Å². The summed E-state index contributed by atoms with van der Waals surface area (Å²) in [7, 11) is 0. The molecule has 2 heteroatoms. The molecule has 90 valence electrons. The maximum Gasteiger partial charge on any atom is 0.0590 e. The van der Waals surface area contributed by atoms with Gasteiger partial charge in [0.2, 0.25) is 0 Å². The molecule has 0 aliphatic heterocycles. The summed E-state index contributed by atoms with van der Waals surface area (Å²) in [5.41, 5.74) is 0.553. The van der Waals surface area contributed by atoms with Crippen LogP contribution in [0.4, 0.5) is 0 Å². The predicted octanol–water partition coefficient (Wildman–Crippen LogP) is 2.83. The van der Waals surface area contributed by atoms with Crippen molar-refractivity contribution in [2.75, 3.05) is 19.8 Å². The van der Waals surface area contributed by atoms with Gasteiger partial charge in [-0.15, -0.1) is 0 Å². The Morgan fingerprint density at radius 2 is 2.13 bits per heavy atom. The van der Waals surface area contributed by atoms with Gasteiger partial charge in [-0.2, -0.15) is 0 Å². The van der Waals surface area contributed by atoms with Crippen molar-refractivity contribution in [3.63, 3.8) is 0 Å². The standard InChI is InChI=1S/C13H27NO/c1-5-15-9-8-14-12-6-7-13(3,4)10-11(12)2/h11-12,14H,5-10H2,1-4H3. The Morgan fingerprint density at radius 3 is 2.73 bits per heavy atom. The van der Waals surface area contributed by atoms with E-state index in [4.69, 9.17) is 4.74 Å². The normalized spacial score (nSPS) is 30.4. The van der Waals surface area contributed by atoms with Crippen LogP contribution in [0.25, 0.3) is 0 Å². The Balaban J connectivity index is 2.20. The van der Waals surface area contributed by atoms with Crippen molar-refractivity contribution < 1.29 is 4.74 Å². The molecule has 2 nitrogen and oxygen atoms in total. The zero-order valence-electron chi connectivity index (χ0n) is 10.8. The number of hydrogen-bond acceptors (Lipinski definition) is 2. The molecule has 15 heavy (non-hydrogen) atoms. The van der Waals surface area contributed by atoms with Crippen LogP contribution in [0.3, 0.4) is 0 Å². The fraction of sp³-hybridized carbons (Fsp3) is 1.00. The van der Waals surface area contributed by atoms with Crippen molar-refractivity contribution in [1.82, 2.24) is 5.32 Å². The third-order valence-electron chi connectivity index (χ3n) is 3.55. The second kappa shape index (κ2) is 5.86. The van der Waals surface area contributed by atoms with E-state index in [-0.39, 0.29) is 0 Å². The third-order valence-corrected chi connectivity index (χ3v) is 3.55. The van der Waals surface area contributed by atoms with Gasteiger partial charge in [0, 0.05) is 19.2 Å². The quantitative estimate of drug-likeness (QED) is 0.709. The maximum absolute atomic E-state index is 5.34. The van der Waals surface area contributed by atoms with Crippen LogP contribution in [0.15, 0.2) is 0 Å². The molecule has 0 aromatic rings. The van der Waals surface area contributed by atoms with Crippen molar-refractivity contribution >= 4 is 0 Å². The molecule has 0 aromatic carbocycles. The molecule has 1 saturated carbocycles. The lowest BCUT2D eigenvalue weighted by Gasteiger charge is -2.39. The van der Waals surface area contributed by atoms with Gasteiger partial charge in [0.05, 0.1) is 6.61 Å². The van der Waals surface area contributed by atoms with Crippen LogP contribution in [-0.4, -0.2) is 25.8 Å². The van der Waals surface area contributed by atoms with E-state index in [9.17, 15) is 0 Å². The zero-order valence-corrected chi connectivity index (χ0v) is 10.8. The minimum atomic E-state index is 0.553. The van der Waals surface area contributed by atoms with Gasteiger partial charge < -0.3 is 10.1 Å². The summed E-state index contributed by atoms with van der Waals surface area (Å²) in [5, 5.41) is 3.62. The monoisotopic (exact) mass is 213 g/mol. The van der Waals surface area contributed by atoms with Gasteiger partial charge in [-0.25, -0.2) is 0 Å². The van der Waals surface area contributed by atoms with E-state index < -0.39 is 0 Å². The van der Waals surface area contributed by atoms with Gasteiger partial charge in [0.25, 0.3) is 0 Å². The molecular formula is C13H27NO. The molecular weight excluding hydrogens is 186 g/mol. The van der Waals surface area contributed by atoms with E-state index in [2.05, 4.69) is 26.1 Å². The smallest absolute Gasteiger partial charge is 0.0590 e. The largest absolute Gasteiger partial charge is 0.380 e. The summed E-state index contributed by atoms with van der Waals surface area (Å²) in [5.74, 6) is 0.801. The van der Waals surface area contributed by atoms with Crippen molar-refractivity contribution in [2.45, 2.75) is 53.0 Å². The molecule has 1 rings (SSSR count). The summed E-state index contributed by atoms with van der Waals surface area (Å²) in [4.78, 5) is 0. The van der Waals surface area contributed by atoms with Crippen LogP contribution in [0, 0.1) is 11.3 Å². The van der Waals surface area contributed by atoms with Crippen LogP contribution in [0.2, 0.25) is 0 Å². The van der Waals surface area contributed by atoms with Crippen molar-refractivity contribution in [2.24, 2.45) is 11.3 Å². The maximum atomic E-state index is 5.34. The first-order valence-electron chi connectivity index (χ1n) is 6.36. The third kappa shape index (κ3) is 4.52. The van der Waals surface area contributed by atoms with Gasteiger partial charge in [-0.05, 0) is 37.5 Å². The molecule has 1 N–H and O–H groups in total. The highest BCUT2D eigenvalue weighted by Crippen LogP contribution is 2.38. The van der Waals surface area contributed by atoms with E-state index in [0.29, 0.717) is 11.5 Å². The van der Waals surface area contributed by atoms with Gasteiger partial charge in [0.15, 0.2) is 0 Å². The number of rotatable bonds is 5. The highest BCUT2D eigenvalue weighted by Gasteiger charge is 2.31. The van der Waals surface area contributed by atoms with E-state index in [1.165, 1.54) is 19.3 Å². The number of hydrogen-bond donors (Lipinski definition) is 1. The molecule has 0 radical (unpaired) electrons. The van der Waals surface area contributed by atoms with Crippen molar-refractivity contribution in [3.8, 4) is 0 Å². The van der Waals surface area contributed by atoms with Crippen LogP contribution in [-0.2, 0) is 4.74 Å². The zero-order chi connectivity index (χ0) is 11.3. The highest BCUT2D eigenvalue weighted by molar-refractivity contribution is 4.86. The molecule has 0 saturated heterocycles. The lowest BCUT2D eigenvalue weighted by molar-refractivity contribution is 0.122. The van der Waals surface area contributed by atoms with Crippen LogP contribution in [0.5, 0.6) is 0 Å². The molecule has 0 bridgehead atoms. The van der Waals surface area contributed by atoms with E-state index in [1.54, 1.807) is 0 Å². The molecule has 1 fully saturated rings. The number of nitrogens with one attached hydrogen (secondary N) is 1. The number of ether oxygens (including phenoxy) is 1. The second-order valence-electron chi connectivity index (χ2n) is 5.64. The average Bonchev–Trinajstić information content (AvgIpc) is 2.14. The van der Waals surface area contributed by atoms with Gasteiger partial charge in [-0.1, -0.05) is 20.8 Å². The van der Waals surface area contributed by atoms with Crippen LogP contribution < -0.4 is 5.32 Å². The second-order valence-corrected chi connectivity index (χ2v) is 5.64. The summed E-state index contributed by atoms with van der Waals surface area (Å²) in [6, 6.07) is 0.707. The van der Waals surface area contributed by atoms with E-state index in [1.807, 2.05) is 6.92 Å². The topological polar surface area (TPSA) is 21.3 Å². The Kier molecular flexibility index (Phi) is 5.07. The molecule has 1 aliphatic rings. The first-order valence-corrected chi connectivity index (χ1v) is 6.36. The SMILES string of the molecule is CCOCCNC1CCC(C)(C)CC1C. The summed E-state index contributed by atoms with van der Waals surface area (Å²) in [6.07, 6.45) is 4.02. The molecule has 1 aliphatic carbocycles. The Labute approximate surface area is 94.8 Å². The molecule has 2 unspecified atom stereocenters. The average molecular weight is 213 g/mol. The first kappa shape index (κ1) is 13.0. The molecule has 0 amide bonds. The minimum absolute atomic E-state index is 0.553. The molecule has 2 atom stereocenters. The lowest BCUT2D eigenvalue weighted by Crippen LogP contribution is -2.42. The summed E-state index contributed by atoms with van der Waals surface area (Å²) >= 11 is 0. The van der Waals surface area contributed by atoms with Crippen LogP contribution >= 0.6 is 0 Å². The predicted molar refractivity (Wildman–Crippen MR) is 65.1 cm³/mol. The van der Waals surface area contributed by atoms with Crippen molar-refractivity contribution in [1.29, 1.82) is 0 Å². The molecule has 0 heterocycles. The first-order chi connectivity index (χ1) is 7.05. The van der Waals surface area contributed by atoms with Gasteiger partial charge >= 0.3 is 0 Å². The molecule has 0 aromatic heterocycles. The Hall–Kier alpha value is -0.0800. The lowest BCUT2D eigenvalue weighted by atomic mass is 9.70. The minimum Gasteiger partial charge on any atom is -0.380 e. The van der Waals surface area contributed by atoms with Crippen LogP contribution in [0.1, 0.15) is 47.0 Å². The Morgan fingerprint density at radius 1 is 1.40 bits per heavy atom. The van der Waals surface area contributed by atoms with Gasteiger partial charge in [0.1, 0.15) is 0 Å². The van der Waals surface area contributed by atoms with E-state index in [0.717, 1.165) is 25.7 Å².